The van der Waals surface area contributed by atoms with Crippen LogP contribution in [0.2, 0.25) is 0 Å². The number of nitrogens with zero attached hydrogens (tertiary/aromatic N) is 5. The molecule has 0 unspecified atom stereocenters. The summed E-state index contributed by atoms with van der Waals surface area (Å²) in [7, 11) is 0. The Bertz CT molecular complexity index is 626. The van der Waals surface area contributed by atoms with Gasteiger partial charge < -0.3 is 5.73 Å². The van der Waals surface area contributed by atoms with E-state index in [9.17, 15) is 0 Å². The molecule has 6 nitrogen and oxygen atoms in total. The van der Waals surface area contributed by atoms with Crippen molar-refractivity contribution < 1.29 is 0 Å². The lowest BCUT2D eigenvalue weighted by atomic mass is 10.2. The van der Waals surface area contributed by atoms with Crippen molar-refractivity contribution in [2.24, 2.45) is 0 Å². The summed E-state index contributed by atoms with van der Waals surface area (Å²) in [6.45, 7) is 0. The number of pyridine rings is 2. The van der Waals surface area contributed by atoms with Gasteiger partial charge in [-0.05, 0) is 24.3 Å². The Morgan fingerprint density at radius 2 is 1.26 bits per heavy atom. The normalized spacial score (nSPS) is 10.3. The van der Waals surface area contributed by atoms with Crippen LogP contribution in [0.25, 0.3) is 22.8 Å². The van der Waals surface area contributed by atoms with Gasteiger partial charge in [-0.1, -0.05) is 0 Å². The lowest BCUT2D eigenvalue weighted by Gasteiger charge is -2.04. The van der Waals surface area contributed by atoms with Gasteiger partial charge in [-0.2, -0.15) is 9.97 Å². The van der Waals surface area contributed by atoms with Gasteiger partial charge in [0.1, 0.15) is 0 Å². The first-order valence-corrected chi connectivity index (χ1v) is 5.65. The molecule has 0 fully saturated rings. The molecule has 6 heteroatoms. The minimum absolute atomic E-state index is 0.174. The number of nitrogen functional groups attached to an aromatic ring is 1. The highest BCUT2D eigenvalue weighted by Gasteiger charge is 2.08. The van der Waals surface area contributed by atoms with E-state index in [-0.39, 0.29) is 5.95 Å². The van der Waals surface area contributed by atoms with Crippen LogP contribution in [-0.2, 0) is 0 Å². The third kappa shape index (κ3) is 2.37. The molecule has 92 valence electrons. The molecule has 0 spiro atoms. The predicted molar refractivity (Wildman–Crippen MR) is 70.7 cm³/mol. The monoisotopic (exact) mass is 250 g/mol. The fourth-order valence-electron chi connectivity index (χ4n) is 1.64. The predicted octanol–water partition coefficient (Wildman–Crippen LogP) is 1.58. The van der Waals surface area contributed by atoms with Gasteiger partial charge in [-0.25, -0.2) is 4.98 Å². The van der Waals surface area contributed by atoms with Gasteiger partial charge in [0.2, 0.25) is 5.95 Å². The zero-order valence-corrected chi connectivity index (χ0v) is 9.93. The highest BCUT2D eigenvalue weighted by molar-refractivity contribution is 5.60. The van der Waals surface area contributed by atoms with Crippen LogP contribution in [0.15, 0.2) is 49.1 Å². The van der Waals surface area contributed by atoms with Gasteiger partial charge in [0.15, 0.2) is 11.6 Å². The fraction of sp³-hybridized carbons (Fsp3) is 0. The third-order valence-electron chi connectivity index (χ3n) is 2.49. The minimum Gasteiger partial charge on any atom is -0.368 e. The molecule has 19 heavy (non-hydrogen) atoms. The highest BCUT2D eigenvalue weighted by Crippen LogP contribution is 2.19. The van der Waals surface area contributed by atoms with E-state index in [1.807, 2.05) is 24.3 Å². The lowest BCUT2D eigenvalue weighted by Crippen LogP contribution is -2.02. The van der Waals surface area contributed by atoms with Gasteiger partial charge in [-0.15, -0.1) is 0 Å². The summed E-state index contributed by atoms with van der Waals surface area (Å²) in [6, 6.07) is 7.38. The molecule has 0 aliphatic rings. The Labute approximate surface area is 109 Å². The standard InChI is InChI=1S/C13H10N6/c14-13-18-11(9-3-1-5-15-7-9)17-12(19-13)10-4-2-6-16-8-10/h1-8H,(H2,14,17,18,19). The molecule has 0 aromatic carbocycles. The third-order valence-corrected chi connectivity index (χ3v) is 2.49. The fourth-order valence-corrected chi connectivity index (χ4v) is 1.64. The van der Waals surface area contributed by atoms with Gasteiger partial charge in [0, 0.05) is 35.9 Å². The Balaban J connectivity index is 2.12. The largest absolute Gasteiger partial charge is 0.368 e. The number of nitrogens with two attached hydrogens (primary N) is 1. The molecule has 3 heterocycles. The summed E-state index contributed by atoms with van der Waals surface area (Å²) < 4.78 is 0. The quantitative estimate of drug-likeness (QED) is 0.742. The molecule has 0 radical (unpaired) electrons. The van der Waals surface area contributed by atoms with Gasteiger partial charge in [0.05, 0.1) is 0 Å². The van der Waals surface area contributed by atoms with Crippen LogP contribution in [0.4, 0.5) is 5.95 Å². The van der Waals surface area contributed by atoms with Crippen molar-refractivity contribution in [1.29, 1.82) is 0 Å². The first-order valence-electron chi connectivity index (χ1n) is 5.65. The molecule has 0 bridgehead atoms. The number of rotatable bonds is 2. The van der Waals surface area contributed by atoms with Crippen molar-refractivity contribution >= 4 is 5.95 Å². The van der Waals surface area contributed by atoms with Crippen molar-refractivity contribution in [3.05, 3.63) is 49.1 Å². The lowest BCUT2D eigenvalue weighted by molar-refractivity contribution is 1.07. The van der Waals surface area contributed by atoms with Crippen LogP contribution in [0.1, 0.15) is 0 Å². The van der Waals surface area contributed by atoms with Crippen LogP contribution >= 0.6 is 0 Å². The second-order valence-electron chi connectivity index (χ2n) is 3.82. The zero-order valence-electron chi connectivity index (χ0n) is 9.93. The SMILES string of the molecule is Nc1nc(-c2cccnc2)nc(-c2cccnc2)n1. The number of aromatic nitrogens is 5. The Morgan fingerprint density at radius 1 is 0.737 bits per heavy atom. The van der Waals surface area contributed by atoms with E-state index in [0.717, 1.165) is 11.1 Å². The Morgan fingerprint density at radius 3 is 1.68 bits per heavy atom. The molecule has 0 aliphatic heterocycles. The molecule has 0 amide bonds. The van der Waals surface area contributed by atoms with Crippen LogP contribution in [-0.4, -0.2) is 24.9 Å². The average Bonchev–Trinajstić information content (AvgIpc) is 2.48. The van der Waals surface area contributed by atoms with Gasteiger partial charge >= 0.3 is 0 Å². The summed E-state index contributed by atoms with van der Waals surface area (Å²) in [5.74, 6) is 1.17. The molecule has 0 atom stereocenters. The van der Waals surface area contributed by atoms with E-state index < -0.39 is 0 Å². The van der Waals surface area contributed by atoms with Crippen LogP contribution in [0.5, 0.6) is 0 Å². The minimum atomic E-state index is 0.174. The smallest absolute Gasteiger partial charge is 0.224 e. The average molecular weight is 250 g/mol. The number of hydrogen-bond acceptors (Lipinski definition) is 6. The van der Waals surface area contributed by atoms with E-state index in [2.05, 4.69) is 24.9 Å². The van der Waals surface area contributed by atoms with Crippen LogP contribution < -0.4 is 5.73 Å². The van der Waals surface area contributed by atoms with E-state index in [0.29, 0.717) is 11.6 Å². The molecule has 0 saturated carbocycles. The van der Waals surface area contributed by atoms with Gasteiger partial charge in [-0.3, -0.25) is 9.97 Å². The summed E-state index contributed by atoms with van der Waals surface area (Å²) in [5.41, 5.74) is 7.32. The summed E-state index contributed by atoms with van der Waals surface area (Å²) in [4.78, 5) is 20.7. The van der Waals surface area contributed by atoms with Gasteiger partial charge in [0.25, 0.3) is 0 Å². The maximum atomic E-state index is 5.73. The number of anilines is 1. The van der Waals surface area contributed by atoms with Crippen molar-refractivity contribution in [2.45, 2.75) is 0 Å². The van der Waals surface area contributed by atoms with Crippen LogP contribution in [0.3, 0.4) is 0 Å². The molecule has 0 saturated heterocycles. The second kappa shape index (κ2) is 4.77. The van der Waals surface area contributed by atoms with E-state index in [1.165, 1.54) is 0 Å². The molecule has 2 N–H and O–H groups in total. The van der Waals surface area contributed by atoms with E-state index in [1.54, 1.807) is 24.8 Å². The number of hydrogen-bond donors (Lipinski definition) is 1. The van der Waals surface area contributed by atoms with E-state index in [4.69, 9.17) is 5.73 Å². The van der Waals surface area contributed by atoms with E-state index >= 15 is 0 Å². The summed E-state index contributed by atoms with van der Waals surface area (Å²) in [5, 5.41) is 0. The molecule has 3 aromatic rings. The second-order valence-corrected chi connectivity index (χ2v) is 3.82. The topological polar surface area (TPSA) is 90.5 Å². The first-order chi connectivity index (χ1) is 9.33. The van der Waals surface area contributed by atoms with Crippen molar-refractivity contribution in [2.75, 3.05) is 5.73 Å². The van der Waals surface area contributed by atoms with Crippen LogP contribution in [0, 0.1) is 0 Å². The summed E-state index contributed by atoms with van der Waals surface area (Å²) in [6.07, 6.45) is 6.75. The zero-order chi connectivity index (χ0) is 13.1. The maximum Gasteiger partial charge on any atom is 0.224 e. The molecule has 3 rings (SSSR count). The maximum absolute atomic E-state index is 5.73. The Hall–Kier alpha value is -2.89. The highest BCUT2D eigenvalue weighted by atomic mass is 15.1. The first kappa shape index (κ1) is 11.2. The molecule has 0 aliphatic carbocycles. The van der Waals surface area contributed by atoms with Crippen molar-refractivity contribution in [1.82, 2.24) is 24.9 Å². The van der Waals surface area contributed by atoms with Crippen molar-refractivity contribution in [3.63, 3.8) is 0 Å². The molecule has 3 aromatic heterocycles. The summed E-state index contributed by atoms with van der Waals surface area (Å²) >= 11 is 0. The Kier molecular flexibility index (Phi) is 2.82. The molecular weight excluding hydrogens is 240 g/mol. The van der Waals surface area contributed by atoms with Crippen molar-refractivity contribution in [3.8, 4) is 22.8 Å². The molecular formula is C13H10N6.